The van der Waals surface area contributed by atoms with E-state index in [-0.39, 0.29) is 0 Å². The lowest BCUT2D eigenvalue weighted by molar-refractivity contribution is 1.63. The van der Waals surface area contributed by atoms with E-state index in [1.165, 1.54) is 25.3 Å². The Labute approximate surface area is 164 Å². The maximum Gasteiger partial charge on any atom is 0.0666 e. The average molecular weight is 427 g/mol. The second-order valence-corrected chi connectivity index (χ2v) is 13.2. The predicted molar refractivity (Wildman–Crippen MR) is 110 cm³/mol. The molecule has 0 aliphatic heterocycles. The lowest BCUT2D eigenvalue weighted by atomic mass is 10.7. The molecule has 0 nitrogen and oxygen atoms in total. The zero-order valence-corrected chi connectivity index (χ0v) is 17.3. The van der Waals surface area contributed by atoms with Crippen LogP contribution in [-0.2, 0) is 0 Å². The van der Waals surface area contributed by atoms with E-state index in [1.54, 1.807) is 22.7 Å². The van der Waals surface area contributed by atoms with Gasteiger partial charge < -0.3 is 0 Å². The van der Waals surface area contributed by atoms with Crippen molar-refractivity contribution in [3.63, 3.8) is 0 Å². The van der Waals surface area contributed by atoms with Crippen molar-refractivity contribution in [3.05, 3.63) is 59.3 Å². The summed E-state index contributed by atoms with van der Waals surface area (Å²) >= 11 is 12.9. The Kier molecular flexibility index (Phi) is 5.55. The summed E-state index contributed by atoms with van der Waals surface area (Å²) in [4.78, 5) is 0. The Morgan fingerprint density at radius 1 is 0.478 bits per heavy atom. The Morgan fingerprint density at radius 3 is 1.22 bits per heavy atom. The van der Waals surface area contributed by atoms with Crippen molar-refractivity contribution in [2.24, 2.45) is 0 Å². The molecule has 0 amide bonds. The van der Waals surface area contributed by atoms with Crippen molar-refractivity contribution < 1.29 is 0 Å². The monoisotopic (exact) mass is 426 g/mol. The van der Waals surface area contributed by atoms with Gasteiger partial charge in [0.05, 0.1) is 25.3 Å². The van der Waals surface area contributed by atoms with Crippen LogP contribution in [-0.4, -0.2) is 0 Å². The van der Waals surface area contributed by atoms with Crippen LogP contribution in [0.3, 0.4) is 0 Å². The van der Waals surface area contributed by atoms with Crippen LogP contribution in [0.5, 0.6) is 0 Å². The lowest BCUT2D eigenvalue weighted by Gasteiger charge is -1.94. The van der Waals surface area contributed by atoms with Crippen LogP contribution in [0.4, 0.5) is 0 Å². The molecule has 0 saturated carbocycles. The van der Waals surface area contributed by atoms with Crippen molar-refractivity contribution in [1.82, 2.24) is 0 Å². The van der Waals surface area contributed by atoms with Crippen molar-refractivity contribution in [1.29, 1.82) is 0 Å². The molecular formula is C16H10S7. The molecule has 4 rings (SSSR count). The zero-order valence-electron chi connectivity index (χ0n) is 11.6. The molecule has 4 aromatic rings. The molecule has 7 heteroatoms. The quantitative estimate of drug-likeness (QED) is 0.304. The topological polar surface area (TPSA) is 0 Å². The van der Waals surface area contributed by atoms with E-state index in [9.17, 15) is 0 Å². The standard InChI is InChI=1S/C16H10S7/c1-3-11(17-9-1)19-13-5-7-15(21-13)23-16-8-6-14(22-16)20-12-4-2-10-18-12/h1-10H. The van der Waals surface area contributed by atoms with Gasteiger partial charge in [-0.3, -0.25) is 0 Å². The molecule has 0 aromatic carbocycles. The first-order valence-electron chi connectivity index (χ1n) is 6.65. The Morgan fingerprint density at radius 2 is 0.870 bits per heavy atom. The lowest BCUT2D eigenvalue weighted by Crippen LogP contribution is -1.57. The van der Waals surface area contributed by atoms with Gasteiger partial charge in [-0.2, -0.15) is 0 Å². The molecule has 0 saturated heterocycles. The fourth-order valence-corrected chi connectivity index (χ4v) is 9.91. The van der Waals surface area contributed by atoms with Gasteiger partial charge >= 0.3 is 0 Å². The number of thiophene rings is 4. The molecule has 0 fully saturated rings. The van der Waals surface area contributed by atoms with Crippen LogP contribution in [0, 0.1) is 0 Å². The van der Waals surface area contributed by atoms with Crippen molar-refractivity contribution in [2.75, 3.05) is 0 Å². The summed E-state index contributed by atoms with van der Waals surface area (Å²) in [6, 6.07) is 17.5. The van der Waals surface area contributed by atoms with E-state index in [0.717, 1.165) is 0 Å². The summed E-state index contributed by atoms with van der Waals surface area (Å²) in [5.74, 6) is 0. The summed E-state index contributed by atoms with van der Waals surface area (Å²) in [6.45, 7) is 0. The maximum absolute atomic E-state index is 2.23. The highest BCUT2D eigenvalue weighted by Crippen LogP contribution is 2.44. The molecule has 0 aliphatic carbocycles. The molecular weight excluding hydrogens is 417 g/mol. The summed E-state index contributed by atoms with van der Waals surface area (Å²) in [5.41, 5.74) is 0. The fraction of sp³-hybridized carbons (Fsp3) is 0. The highest BCUT2D eigenvalue weighted by atomic mass is 32.2. The molecule has 0 atom stereocenters. The van der Waals surface area contributed by atoms with Gasteiger partial charge in [0, 0.05) is 0 Å². The first-order valence-corrected chi connectivity index (χ1v) is 12.5. The van der Waals surface area contributed by atoms with Gasteiger partial charge in [0.15, 0.2) is 0 Å². The highest BCUT2D eigenvalue weighted by molar-refractivity contribution is 8.06. The Balaban J connectivity index is 1.40. The maximum atomic E-state index is 2.23. The van der Waals surface area contributed by atoms with Crippen LogP contribution in [0.1, 0.15) is 0 Å². The first kappa shape index (κ1) is 16.3. The molecule has 116 valence electrons. The van der Waals surface area contributed by atoms with Gasteiger partial charge in [0.2, 0.25) is 0 Å². The van der Waals surface area contributed by atoms with Crippen molar-refractivity contribution in [2.45, 2.75) is 25.3 Å². The van der Waals surface area contributed by atoms with E-state index in [0.29, 0.717) is 0 Å². The van der Waals surface area contributed by atoms with Crippen LogP contribution in [0.2, 0.25) is 0 Å². The molecule has 0 N–H and O–H groups in total. The van der Waals surface area contributed by atoms with Gasteiger partial charge in [-0.15, -0.1) is 45.3 Å². The summed E-state index contributed by atoms with van der Waals surface area (Å²) in [7, 11) is 0. The van der Waals surface area contributed by atoms with E-state index < -0.39 is 0 Å². The summed E-state index contributed by atoms with van der Waals surface area (Å²) < 4.78 is 8.15. The number of hydrogen-bond acceptors (Lipinski definition) is 7. The molecule has 0 aliphatic rings. The Bertz CT molecular complexity index is 780. The molecule has 0 unspecified atom stereocenters. The summed E-state index contributed by atoms with van der Waals surface area (Å²) in [5, 5.41) is 4.26. The van der Waals surface area contributed by atoms with Crippen molar-refractivity contribution in [3.8, 4) is 0 Å². The minimum absolute atomic E-state index is 1.36. The summed E-state index contributed by atoms with van der Waals surface area (Å²) in [6.07, 6.45) is 0. The van der Waals surface area contributed by atoms with Gasteiger partial charge in [-0.1, -0.05) is 47.4 Å². The zero-order chi connectivity index (χ0) is 15.5. The van der Waals surface area contributed by atoms with Crippen LogP contribution >= 0.6 is 80.6 Å². The molecule has 4 heterocycles. The predicted octanol–water partition coefficient (Wildman–Crippen LogP) is 8.39. The fourth-order valence-electron chi connectivity index (χ4n) is 1.77. The third-order valence-corrected chi connectivity index (χ3v) is 10.5. The van der Waals surface area contributed by atoms with Gasteiger partial charge in [-0.05, 0) is 47.2 Å². The molecule has 23 heavy (non-hydrogen) atoms. The highest BCUT2D eigenvalue weighted by Gasteiger charge is 2.08. The van der Waals surface area contributed by atoms with Crippen molar-refractivity contribution >= 4 is 80.6 Å². The van der Waals surface area contributed by atoms with Crippen LogP contribution in [0.25, 0.3) is 0 Å². The van der Waals surface area contributed by atoms with Gasteiger partial charge in [0.1, 0.15) is 0 Å². The van der Waals surface area contributed by atoms with Gasteiger partial charge in [-0.25, -0.2) is 0 Å². The molecule has 4 aromatic heterocycles. The van der Waals surface area contributed by atoms with E-state index in [4.69, 9.17) is 0 Å². The molecule has 0 bridgehead atoms. The minimum atomic E-state index is 1.36. The smallest absolute Gasteiger partial charge is 0.0666 e. The minimum Gasteiger partial charge on any atom is -0.137 e. The first-order chi connectivity index (χ1) is 11.3. The van der Waals surface area contributed by atoms with Crippen LogP contribution in [0.15, 0.2) is 84.5 Å². The second kappa shape index (κ2) is 7.82. The number of hydrogen-bond donors (Lipinski definition) is 0. The number of rotatable bonds is 6. The van der Waals surface area contributed by atoms with Gasteiger partial charge in [0.25, 0.3) is 0 Å². The second-order valence-electron chi connectivity index (χ2n) is 4.32. The SMILES string of the molecule is c1csc(Sc2ccc(Sc3ccc(Sc4cccs4)s3)s2)c1. The Hall–Kier alpha value is -0.150. The molecule has 0 spiro atoms. The average Bonchev–Trinajstić information content (AvgIpc) is 3.31. The largest absolute Gasteiger partial charge is 0.137 e. The third-order valence-electron chi connectivity index (χ3n) is 2.71. The van der Waals surface area contributed by atoms with E-state index in [1.807, 2.05) is 58.0 Å². The normalized spacial score (nSPS) is 11.1. The van der Waals surface area contributed by atoms with Crippen LogP contribution < -0.4 is 0 Å². The molecule has 0 radical (unpaired) electrons. The van der Waals surface area contributed by atoms with E-state index >= 15 is 0 Å². The third kappa shape index (κ3) is 4.48. The van der Waals surface area contributed by atoms with E-state index in [2.05, 4.69) is 59.3 Å².